The summed E-state index contributed by atoms with van der Waals surface area (Å²) < 4.78 is 8.91. The van der Waals surface area contributed by atoms with Crippen LogP contribution in [0.4, 0.5) is 0 Å². The normalized spacial score (nSPS) is 20.9. The molecule has 2 aromatic rings. The smallest absolute Gasteiger partial charge is 0.233 e. The van der Waals surface area contributed by atoms with Crippen molar-refractivity contribution in [3.63, 3.8) is 0 Å². The Bertz CT molecular complexity index is 728. The largest absolute Gasteiger partial charge is 0.381 e. The zero-order chi connectivity index (χ0) is 18.0. The Morgan fingerprint density at radius 3 is 2.27 bits per heavy atom. The molecule has 0 radical (unpaired) electrons. The third kappa shape index (κ3) is 3.35. The molecule has 2 saturated heterocycles. The van der Waals surface area contributed by atoms with Gasteiger partial charge in [-0.15, -0.1) is 0 Å². The van der Waals surface area contributed by atoms with E-state index in [1.807, 2.05) is 12.1 Å². The van der Waals surface area contributed by atoms with E-state index in [-0.39, 0.29) is 5.91 Å². The number of hydrogen-bond acceptors (Lipinski definition) is 2. The van der Waals surface area contributed by atoms with E-state index in [9.17, 15) is 4.79 Å². The minimum Gasteiger partial charge on any atom is -0.381 e. The van der Waals surface area contributed by atoms with E-state index in [1.54, 1.807) is 0 Å². The number of ether oxygens (including phenoxy) is 1. The van der Waals surface area contributed by atoms with Crippen LogP contribution < -0.4 is 0 Å². The number of amides is 1. The van der Waals surface area contributed by atoms with Crippen LogP contribution in [0.15, 0.2) is 53.3 Å². The number of piperidine rings is 1. The lowest BCUT2D eigenvalue weighted by Gasteiger charge is -2.42. The average molecular weight is 417 g/mol. The SMILES string of the molecule is O=C(N1CCC(n2cccc2)CC1)C1(c2ccc(Br)cc2)CCOCC1. The molecule has 138 valence electrons. The highest BCUT2D eigenvalue weighted by molar-refractivity contribution is 9.10. The number of halogens is 1. The molecule has 1 aromatic heterocycles. The van der Waals surface area contributed by atoms with Crippen molar-refractivity contribution in [2.45, 2.75) is 37.1 Å². The number of benzene rings is 1. The number of rotatable bonds is 3. The highest BCUT2D eigenvalue weighted by Gasteiger charge is 2.44. The minimum absolute atomic E-state index is 0.286. The number of hydrogen-bond donors (Lipinski definition) is 0. The Labute approximate surface area is 163 Å². The Morgan fingerprint density at radius 1 is 1.04 bits per heavy atom. The molecule has 1 amide bonds. The maximum atomic E-state index is 13.6. The van der Waals surface area contributed by atoms with Gasteiger partial charge in [-0.05, 0) is 55.5 Å². The van der Waals surface area contributed by atoms with E-state index in [2.05, 4.69) is 62.1 Å². The van der Waals surface area contributed by atoms with E-state index in [4.69, 9.17) is 4.74 Å². The van der Waals surface area contributed by atoms with Crippen LogP contribution in [-0.2, 0) is 14.9 Å². The van der Waals surface area contributed by atoms with Gasteiger partial charge in [0.15, 0.2) is 0 Å². The summed E-state index contributed by atoms with van der Waals surface area (Å²) in [4.78, 5) is 15.7. The molecule has 0 spiro atoms. The second-order valence-electron chi connectivity index (χ2n) is 7.36. The molecule has 0 unspecified atom stereocenters. The summed E-state index contributed by atoms with van der Waals surface area (Å²) in [6, 6.07) is 12.9. The van der Waals surface area contributed by atoms with Gasteiger partial charge in [-0.3, -0.25) is 4.79 Å². The van der Waals surface area contributed by atoms with Crippen LogP contribution in [-0.4, -0.2) is 41.7 Å². The van der Waals surface area contributed by atoms with Crippen LogP contribution in [0.5, 0.6) is 0 Å². The molecule has 2 aliphatic heterocycles. The van der Waals surface area contributed by atoms with Gasteiger partial charge >= 0.3 is 0 Å². The molecule has 0 aliphatic carbocycles. The number of aromatic nitrogens is 1. The molecule has 5 heteroatoms. The lowest BCUT2D eigenvalue weighted by atomic mass is 9.72. The first-order chi connectivity index (χ1) is 12.7. The summed E-state index contributed by atoms with van der Waals surface area (Å²) in [5.74, 6) is 0.286. The van der Waals surface area contributed by atoms with Gasteiger partial charge in [0.2, 0.25) is 5.91 Å². The molecule has 3 heterocycles. The predicted molar refractivity (Wildman–Crippen MR) is 105 cm³/mol. The van der Waals surface area contributed by atoms with Crippen molar-refractivity contribution >= 4 is 21.8 Å². The molecule has 1 aromatic carbocycles. The summed E-state index contributed by atoms with van der Waals surface area (Å²) in [5, 5.41) is 0. The fourth-order valence-electron chi connectivity index (χ4n) is 4.38. The monoisotopic (exact) mass is 416 g/mol. The van der Waals surface area contributed by atoms with Crippen LogP contribution in [0, 0.1) is 0 Å². The van der Waals surface area contributed by atoms with Gasteiger partial charge in [-0.25, -0.2) is 0 Å². The van der Waals surface area contributed by atoms with Crippen molar-refractivity contribution < 1.29 is 9.53 Å². The maximum Gasteiger partial charge on any atom is 0.233 e. The van der Waals surface area contributed by atoms with Gasteiger partial charge in [0, 0.05) is 49.2 Å². The van der Waals surface area contributed by atoms with Crippen molar-refractivity contribution in [2.24, 2.45) is 0 Å². The zero-order valence-corrected chi connectivity index (χ0v) is 16.5. The maximum absolute atomic E-state index is 13.6. The van der Waals surface area contributed by atoms with Crippen LogP contribution in [0.1, 0.15) is 37.3 Å². The van der Waals surface area contributed by atoms with Crippen LogP contribution in [0.25, 0.3) is 0 Å². The molecule has 4 rings (SSSR count). The second-order valence-corrected chi connectivity index (χ2v) is 8.27. The number of likely N-dealkylation sites (tertiary alicyclic amines) is 1. The molecule has 0 N–H and O–H groups in total. The number of nitrogens with zero attached hydrogens (tertiary/aromatic N) is 2. The fraction of sp³-hybridized carbons (Fsp3) is 0.476. The highest BCUT2D eigenvalue weighted by atomic mass is 79.9. The van der Waals surface area contributed by atoms with Crippen molar-refractivity contribution in [2.75, 3.05) is 26.3 Å². The van der Waals surface area contributed by atoms with Crippen molar-refractivity contribution in [3.8, 4) is 0 Å². The molecule has 4 nitrogen and oxygen atoms in total. The average Bonchev–Trinajstić information content (AvgIpc) is 3.23. The van der Waals surface area contributed by atoms with Crippen LogP contribution in [0.3, 0.4) is 0 Å². The van der Waals surface area contributed by atoms with E-state index >= 15 is 0 Å². The molecule has 0 saturated carbocycles. The first-order valence-corrected chi connectivity index (χ1v) is 10.2. The summed E-state index contributed by atoms with van der Waals surface area (Å²) in [7, 11) is 0. The lowest BCUT2D eigenvalue weighted by molar-refractivity contribution is -0.142. The Morgan fingerprint density at radius 2 is 1.65 bits per heavy atom. The predicted octanol–water partition coefficient (Wildman–Crippen LogP) is 4.16. The molecule has 0 bridgehead atoms. The van der Waals surface area contributed by atoms with E-state index in [0.717, 1.165) is 48.8 Å². The molecule has 26 heavy (non-hydrogen) atoms. The first kappa shape index (κ1) is 17.8. The number of carbonyl (C=O) groups is 1. The Hall–Kier alpha value is -1.59. The van der Waals surface area contributed by atoms with Gasteiger partial charge in [0.1, 0.15) is 0 Å². The van der Waals surface area contributed by atoms with Gasteiger partial charge < -0.3 is 14.2 Å². The number of carbonyl (C=O) groups excluding carboxylic acids is 1. The second kappa shape index (κ2) is 7.57. The van der Waals surface area contributed by atoms with E-state index in [0.29, 0.717) is 19.3 Å². The van der Waals surface area contributed by atoms with Gasteiger partial charge in [0.25, 0.3) is 0 Å². The molecule has 2 aliphatic rings. The minimum atomic E-state index is -0.431. The van der Waals surface area contributed by atoms with Crippen LogP contribution >= 0.6 is 15.9 Å². The van der Waals surface area contributed by atoms with Gasteiger partial charge in [-0.2, -0.15) is 0 Å². The third-order valence-corrected chi connectivity index (χ3v) is 6.48. The van der Waals surface area contributed by atoms with E-state index < -0.39 is 5.41 Å². The summed E-state index contributed by atoms with van der Waals surface area (Å²) in [5.41, 5.74) is 0.695. The van der Waals surface area contributed by atoms with Crippen LogP contribution in [0.2, 0.25) is 0 Å². The standard InChI is InChI=1S/C21H25BrN2O2/c22-18-5-3-17(4-6-18)21(9-15-26-16-10-21)20(25)24-13-7-19(8-14-24)23-11-1-2-12-23/h1-6,11-12,19H,7-10,13-16H2. The van der Waals surface area contributed by atoms with E-state index in [1.165, 1.54) is 0 Å². The highest BCUT2D eigenvalue weighted by Crippen LogP contribution is 2.38. The topological polar surface area (TPSA) is 34.5 Å². The Kier molecular flexibility index (Phi) is 5.18. The van der Waals surface area contributed by atoms with Gasteiger partial charge in [-0.1, -0.05) is 28.1 Å². The van der Waals surface area contributed by atoms with Crippen molar-refractivity contribution in [3.05, 3.63) is 58.8 Å². The molecule has 0 atom stereocenters. The van der Waals surface area contributed by atoms with Crippen molar-refractivity contribution in [1.29, 1.82) is 0 Å². The molecular weight excluding hydrogens is 392 g/mol. The molecule has 2 fully saturated rings. The van der Waals surface area contributed by atoms with Crippen molar-refractivity contribution in [1.82, 2.24) is 9.47 Å². The summed E-state index contributed by atoms with van der Waals surface area (Å²) in [6.07, 6.45) is 7.84. The fourth-order valence-corrected chi connectivity index (χ4v) is 4.64. The third-order valence-electron chi connectivity index (χ3n) is 5.95. The Balaban J connectivity index is 1.53. The quantitative estimate of drug-likeness (QED) is 0.752. The first-order valence-electron chi connectivity index (χ1n) is 9.45. The van der Waals surface area contributed by atoms with Gasteiger partial charge in [0.05, 0.1) is 5.41 Å². The summed E-state index contributed by atoms with van der Waals surface area (Å²) in [6.45, 7) is 2.98. The zero-order valence-electron chi connectivity index (χ0n) is 14.9. The lowest BCUT2D eigenvalue weighted by Crippen LogP contribution is -2.52. The molecular formula is C21H25BrN2O2. The summed E-state index contributed by atoms with van der Waals surface area (Å²) >= 11 is 3.50.